The monoisotopic (exact) mass is 284 g/mol. The van der Waals surface area contributed by atoms with Gasteiger partial charge in [0.2, 0.25) is 0 Å². The van der Waals surface area contributed by atoms with Crippen LogP contribution in [0.4, 0.5) is 4.79 Å². The number of nitrogens with zero attached hydrogens (tertiary/aromatic N) is 1. The molecule has 0 aromatic heterocycles. The Morgan fingerprint density at radius 2 is 1.79 bits per heavy atom. The van der Waals surface area contributed by atoms with Crippen molar-refractivity contribution in [2.75, 3.05) is 26.3 Å². The number of benzene rings is 1. The highest BCUT2D eigenvalue weighted by molar-refractivity contribution is 7.90. The number of nitrogens with one attached hydrogen (secondary N) is 1. The van der Waals surface area contributed by atoms with E-state index in [1.165, 1.54) is 17.0 Å². The molecule has 1 heterocycles. The van der Waals surface area contributed by atoms with Gasteiger partial charge in [-0.3, -0.25) is 0 Å². The van der Waals surface area contributed by atoms with Crippen LogP contribution < -0.4 is 4.72 Å². The summed E-state index contributed by atoms with van der Waals surface area (Å²) in [6.45, 7) is 3.52. The van der Waals surface area contributed by atoms with Crippen molar-refractivity contribution in [1.29, 1.82) is 0 Å². The molecular formula is C12H16N2O4S. The van der Waals surface area contributed by atoms with Crippen LogP contribution in [-0.4, -0.2) is 45.7 Å². The minimum atomic E-state index is -3.81. The summed E-state index contributed by atoms with van der Waals surface area (Å²) < 4.78 is 31.2. The lowest BCUT2D eigenvalue weighted by Gasteiger charge is -2.26. The van der Waals surface area contributed by atoms with Gasteiger partial charge in [-0.2, -0.15) is 0 Å². The van der Waals surface area contributed by atoms with Crippen molar-refractivity contribution in [3.8, 4) is 0 Å². The Labute approximate surface area is 112 Å². The minimum absolute atomic E-state index is 0.0831. The number of carbonyl (C=O) groups is 1. The molecule has 7 heteroatoms. The predicted octanol–water partition coefficient (Wildman–Crippen LogP) is 0.726. The van der Waals surface area contributed by atoms with E-state index in [-0.39, 0.29) is 4.90 Å². The third kappa shape index (κ3) is 3.45. The number of amides is 2. The molecule has 1 aromatic rings. The van der Waals surface area contributed by atoms with E-state index < -0.39 is 16.1 Å². The lowest BCUT2D eigenvalue weighted by Crippen LogP contribution is -2.47. The molecule has 2 amide bonds. The zero-order chi connectivity index (χ0) is 13.9. The largest absolute Gasteiger partial charge is 0.378 e. The van der Waals surface area contributed by atoms with Gasteiger partial charge in [0.15, 0.2) is 0 Å². The highest BCUT2D eigenvalue weighted by Gasteiger charge is 2.23. The smallest absolute Gasteiger partial charge is 0.331 e. The predicted molar refractivity (Wildman–Crippen MR) is 69.3 cm³/mol. The first-order chi connectivity index (χ1) is 8.99. The van der Waals surface area contributed by atoms with Crippen LogP contribution in [0.3, 0.4) is 0 Å². The highest BCUT2D eigenvalue weighted by atomic mass is 32.2. The van der Waals surface area contributed by atoms with Gasteiger partial charge in [-0.25, -0.2) is 17.9 Å². The number of hydrogen-bond donors (Lipinski definition) is 1. The molecular weight excluding hydrogens is 268 g/mol. The van der Waals surface area contributed by atoms with Gasteiger partial charge in [0, 0.05) is 13.1 Å². The van der Waals surface area contributed by atoms with E-state index in [0.29, 0.717) is 26.3 Å². The summed E-state index contributed by atoms with van der Waals surface area (Å²) in [5.74, 6) is 0. The van der Waals surface area contributed by atoms with Crippen LogP contribution in [-0.2, 0) is 14.8 Å². The average molecular weight is 284 g/mol. The van der Waals surface area contributed by atoms with Crippen molar-refractivity contribution in [2.45, 2.75) is 11.8 Å². The van der Waals surface area contributed by atoms with E-state index >= 15 is 0 Å². The minimum Gasteiger partial charge on any atom is -0.378 e. The fourth-order valence-corrected chi connectivity index (χ4v) is 2.69. The van der Waals surface area contributed by atoms with Crippen molar-refractivity contribution in [1.82, 2.24) is 9.62 Å². The van der Waals surface area contributed by atoms with Gasteiger partial charge in [-0.05, 0) is 19.1 Å². The van der Waals surface area contributed by atoms with Crippen molar-refractivity contribution in [3.63, 3.8) is 0 Å². The van der Waals surface area contributed by atoms with Crippen LogP contribution >= 0.6 is 0 Å². The zero-order valence-corrected chi connectivity index (χ0v) is 11.4. The standard InChI is InChI=1S/C12H16N2O4S/c1-10-2-4-11(5-3-10)19(16,17)13-12(15)14-6-8-18-9-7-14/h2-5H,6-9H2,1H3,(H,13,15). The normalized spacial score (nSPS) is 16.2. The van der Waals surface area contributed by atoms with E-state index in [4.69, 9.17) is 4.74 Å². The summed E-state index contributed by atoms with van der Waals surface area (Å²) >= 11 is 0. The topological polar surface area (TPSA) is 75.7 Å². The number of ether oxygens (including phenoxy) is 1. The van der Waals surface area contributed by atoms with Crippen LogP contribution in [0.5, 0.6) is 0 Å². The van der Waals surface area contributed by atoms with E-state index in [2.05, 4.69) is 4.72 Å². The van der Waals surface area contributed by atoms with Crippen LogP contribution in [0.25, 0.3) is 0 Å². The van der Waals surface area contributed by atoms with E-state index in [1.807, 2.05) is 6.92 Å². The fraction of sp³-hybridized carbons (Fsp3) is 0.417. The van der Waals surface area contributed by atoms with Crippen molar-refractivity contribution in [3.05, 3.63) is 29.8 Å². The molecule has 1 aliphatic heterocycles. The Morgan fingerprint density at radius 3 is 2.37 bits per heavy atom. The number of sulfonamides is 1. The first-order valence-corrected chi connectivity index (χ1v) is 7.43. The third-order valence-corrected chi connectivity index (χ3v) is 4.19. The Hall–Kier alpha value is -1.60. The van der Waals surface area contributed by atoms with Gasteiger partial charge in [-0.15, -0.1) is 0 Å². The van der Waals surface area contributed by atoms with Crippen molar-refractivity contribution >= 4 is 16.1 Å². The summed E-state index contributed by atoms with van der Waals surface area (Å²) in [6.07, 6.45) is 0. The summed E-state index contributed by atoms with van der Waals surface area (Å²) in [5, 5.41) is 0. The first kappa shape index (κ1) is 13.8. The van der Waals surface area contributed by atoms with Crippen LogP contribution in [0.15, 0.2) is 29.2 Å². The molecule has 1 aliphatic rings. The van der Waals surface area contributed by atoms with E-state index in [1.54, 1.807) is 12.1 Å². The molecule has 0 atom stereocenters. The van der Waals surface area contributed by atoms with Gasteiger partial charge in [-0.1, -0.05) is 17.7 Å². The average Bonchev–Trinajstić information content (AvgIpc) is 2.40. The summed E-state index contributed by atoms with van der Waals surface area (Å²) in [6, 6.07) is 5.72. The van der Waals surface area contributed by atoms with Crippen LogP contribution in [0.1, 0.15) is 5.56 Å². The SMILES string of the molecule is Cc1ccc(S(=O)(=O)NC(=O)N2CCOCC2)cc1. The Morgan fingerprint density at radius 1 is 1.21 bits per heavy atom. The second-order valence-electron chi connectivity index (χ2n) is 4.32. The number of hydrogen-bond acceptors (Lipinski definition) is 4. The van der Waals surface area contributed by atoms with Gasteiger partial charge in [0.05, 0.1) is 18.1 Å². The third-order valence-electron chi connectivity index (χ3n) is 2.85. The van der Waals surface area contributed by atoms with Crippen LogP contribution in [0.2, 0.25) is 0 Å². The van der Waals surface area contributed by atoms with Gasteiger partial charge in [0.25, 0.3) is 10.0 Å². The number of urea groups is 1. The maximum absolute atomic E-state index is 12.0. The summed E-state index contributed by atoms with van der Waals surface area (Å²) in [5.41, 5.74) is 0.957. The molecule has 1 saturated heterocycles. The second-order valence-corrected chi connectivity index (χ2v) is 6.01. The van der Waals surface area contributed by atoms with Crippen LogP contribution in [0, 0.1) is 6.92 Å². The molecule has 1 fully saturated rings. The number of aryl methyl sites for hydroxylation is 1. The maximum atomic E-state index is 12.0. The molecule has 104 valence electrons. The van der Waals surface area contributed by atoms with Gasteiger partial charge >= 0.3 is 6.03 Å². The highest BCUT2D eigenvalue weighted by Crippen LogP contribution is 2.10. The molecule has 1 N–H and O–H groups in total. The van der Waals surface area contributed by atoms with E-state index in [0.717, 1.165) is 5.56 Å². The molecule has 0 aliphatic carbocycles. The molecule has 1 aromatic carbocycles. The molecule has 6 nitrogen and oxygen atoms in total. The molecule has 0 saturated carbocycles. The lowest BCUT2D eigenvalue weighted by molar-refractivity contribution is 0.0545. The van der Waals surface area contributed by atoms with Gasteiger partial charge in [0.1, 0.15) is 0 Å². The Balaban J connectivity index is 2.08. The molecule has 0 unspecified atom stereocenters. The van der Waals surface area contributed by atoms with Crippen molar-refractivity contribution < 1.29 is 17.9 Å². The number of carbonyl (C=O) groups excluding carboxylic acids is 1. The summed E-state index contributed by atoms with van der Waals surface area (Å²) in [7, 11) is -3.81. The Bertz CT molecular complexity index is 548. The molecule has 0 bridgehead atoms. The number of rotatable bonds is 2. The van der Waals surface area contributed by atoms with Gasteiger partial charge < -0.3 is 9.64 Å². The molecule has 0 radical (unpaired) electrons. The molecule has 0 spiro atoms. The van der Waals surface area contributed by atoms with Crippen molar-refractivity contribution in [2.24, 2.45) is 0 Å². The maximum Gasteiger partial charge on any atom is 0.331 e. The Kier molecular flexibility index (Phi) is 4.06. The zero-order valence-electron chi connectivity index (χ0n) is 10.6. The van der Waals surface area contributed by atoms with E-state index in [9.17, 15) is 13.2 Å². The first-order valence-electron chi connectivity index (χ1n) is 5.95. The molecule has 2 rings (SSSR count). The molecule has 19 heavy (non-hydrogen) atoms. The quantitative estimate of drug-likeness (QED) is 0.868. The lowest BCUT2D eigenvalue weighted by atomic mass is 10.2. The summed E-state index contributed by atoms with van der Waals surface area (Å²) in [4.78, 5) is 13.3. The number of morpholine rings is 1. The second kappa shape index (κ2) is 5.58. The fourth-order valence-electron chi connectivity index (χ4n) is 1.72.